The fourth-order valence-electron chi connectivity index (χ4n) is 5.10. The molecule has 8 heteroatoms. The molecule has 0 saturated carbocycles. The predicted octanol–water partition coefficient (Wildman–Crippen LogP) is 3.61. The number of benzene rings is 2. The molecule has 2 aliphatic rings. The van der Waals surface area contributed by atoms with Gasteiger partial charge in [0.2, 0.25) is 0 Å². The van der Waals surface area contributed by atoms with Gasteiger partial charge in [-0.15, -0.1) is 0 Å². The second-order valence-electron chi connectivity index (χ2n) is 8.33. The number of nitrogens with one attached hydrogen (secondary N) is 2. The molecule has 0 amide bonds. The van der Waals surface area contributed by atoms with E-state index in [0.29, 0.717) is 34.0 Å². The Morgan fingerprint density at radius 2 is 2.16 bits per heavy atom. The molecule has 2 aliphatic heterocycles. The van der Waals surface area contributed by atoms with Gasteiger partial charge < -0.3 is 15.0 Å². The zero-order chi connectivity index (χ0) is 21.5. The molecule has 0 aliphatic carbocycles. The van der Waals surface area contributed by atoms with Crippen LogP contribution in [0.2, 0.25) is 5.02 Å². The maximum Gasteiger partial charge on any atom is 0.272 e. The van der Waals surface area contributed by atoms with Crippen molar-refractivity contribution < 1.29 is 9.13 Å². The van der Waals surface area contributed by atoms with E-state index in [1.54, 1.807) is 7.11 Å². The number of H-pyrrole nitrogens is 1. The fourth-order valence-corrected chi connectivity index (χ4v) is 5.35. The van der Waals surface area contributed by atoms with Crippen molar-refractivity contribution in [1.29, 1.82) is 0 Å². The first kappa shape index (κ1) is 20.4. The smallest absolute Gasteiger partial charge is 0.272 e. The van der Waals surface area contributed by atoms with E-state index in [1.807, 2.05) is 24.3 Å². The van der Waals surface area contributed by atoms with Crippen molar-refractivity contribution in [1.82, 2.24) is 15.1 Å². The summed E-state index contributed by atoms with van der Waals surface area (Å²) in [6.07, 6.45) is 0.999. The lowest BCUT2D eigenvalue weighted by molar-refractivity contribution is 0.158. The summed E-state index contributed by atoms with van der Waals surface area (Å²) in [6.45, 7) is 3.45. The second-order valence-corrected chi connectivity index (χ2v) is 8.73. The van der Waals surface area contributed by atoms with Crippen LogP contribution in [-0.2, 0) is 4.74 Å². The molecule has 2 N–H and O–H groups in total. The molecule has 3 heterocycles. The van der Waals surface area contributed by atoms with E-state index >= 15 is 0 Å². The Kier molecular flexibility index (Phi) is 5.42. The van der Waals surface area contributed by atoms with Gasteiger partial charge in [0.25, 0.3) is 5.56 Å². The molecular weight excluding hydrogens is 419 g/mol. The van der Waals surface area contributed by atoms with Crippen molar-refractivity contribution in [3.8, 4) is 0 Å². The second kappa shape index (κ2) is 8.22. The molecule has 3 aromatic rings. The molecule has 162 valence electrons. The predicted molar refractivity (Wildman–Crippen MR) is 119 cm³/mol. The van der Waals surface area contributed by atoms with Crippen LogP contribution >= 0.6 is 11.6 Å². The van der Waals surface area contributed by atoms with Crippen molar-refractivity contribution in [2.45, 2.75) is 18.4 Å². The summed E-state index contributed by atoms with van der Waals surface area (Å²) < 4.78 is 19.6. The number of ether oxygens (including phenoxy) is 1. The lowest BCUT2D eigenvalue weighted by atomic mass is 9.77. The highest BCUT2D eigenvalue weighted by Gasteiger charge is 2.41. The number of halogens is 2. The Hall–Kier alpha value is -2.48. The SMILES string of the molecule is COCCN1CC[C@H]([C@H]2Nc3cc(F)cc4c(=O)[nH]nc(c34)[C@@H]2c2ccccc2Cl)C1. The van der Waals surface area contributed by atoms with Crippen LogP contribution in [0.5, 0.6) is 0 Å². The summed E-state index contributed by atoms with van der Waals surface area (Å²) in [4.78, 5) is 14.8. The topological polar surface area (TPSA) is 70.2 Å². The van der Waals surface area contributed by atoms with E-state index in [2.05, 4.69) is 20.4 Å². The first-order chi connectivity index (χ1) is 15.1. The van der Waals surface area contributed by atoms with Gasteiger partial charge in [0.05, 0.1) is 23.6 Å². The van der Waals surface area contributed by atoms with Crippen LogP contribution in [0.1, 0.15) is 23.6 Å². The van der Waals surface area contributed by atoms with Crippen molar-refractivity contribution in [2.75, 3.05) is 38.7 Å². The van der Waals surface area contributed by atoms with Gasteiger partial charge in [-0.1, -0.05) is 29.8 Å². The summed E-state index contributed by atoms with van der Waals surface area (Å²) in [5, 5.41) is 12.2. The quantitative estimate of drug-likeness (QED) is 0.631. The van der Waals surface area contributed by atoms with Crippen molar-refractivity contribution in [3.63, 3.8) is 0 Å². The van der Waals surface area contributed by atoms with Crippen LogP contribution in [0.15, 0.2) is 41.2 Å². The zero-order valence-electron chi connectivity index (χ0n) is 17.2. The molecule has 0 radical (unpaired) electrons. The van der Waals surface area contributed by atoms with Gasteiger partial charge in [-0.2, -0.15) is 5.10 Å². The molecule has 6 nitrogen and oxygen atoms in total. The number of aromatic amines is 1. The Bertz CT molecular complexity index is 1180. The number of rotatable bonds is 5. The summed E-state index contributed by atoms with van der Waals surface area (Å²) in [6, 6.07) is 10.4. The summed E-state index contributed by atoms with van der Waals surface area (Å²) in [5.74, 6) is -0.308. The lowest BCUT2D eigenvalue weighted by Crippen LogP contribution is -2.41. The summed E-state index contributed by atoms with van der Waals surface area (Å²) in [5.41, 5.74) is 1.90. The van der Waals surface area contributed by atoms with Gasteiger partial charge in [0.1, 0.15) is 5.82 Å². The van der Waals surface area contributed by atoms with E-state index < -0.39 is 11.4 Å². The lowest BCUT2D eigenvalue weighted by Gasteiger charge is -2.38. The third-order valence-electron chi connectivity index (χ3n) is 6.53. The Morgan fingerprint density at radius 3 is 2.97 bits per heavy atom. The number of hydrogen-bond donors (Lipinski definition) is 2. The highest BCUT2D eigenvalue weighted by Crippen LogP contribution is 2.45. The molecule has 2 aromatic carbocycles. The van der Waals surface area contributed by atoms with E-state index in [9.17, 15) is 9.18 Å². The third-order valence-corrected chi connectivity index (χ3v) is 6.87. The average molecular weight is 443 g/mol. The first-order valence-corrected chi connectivity index (χ1v) is 10.9. The fraction of sp³-hybridized carbons (Fsp3) is 0.391. The maximum atomic E-state index is 14.4. The normalized spacial score (nSPS) is 23.3. The van der Waals surface area contributed by atoms with Crippen molar-refractivity contribution in [2.24, 2.45) is 5.92 Å². The van der Waals surface area contributed by atoms with E-state index in [4.69, 9.17) is 16.3 Å². The number of nitrogens with zero attached hydrogens (tertiary/aromatic N) is 2. The highest BCUT2D eigenvalue weighted by atomic mass is 35.5. The highest BCUT2D eigenvalue weighted by molar-refractivity contribution is 6.31. The minimum Gasteiger partial charge on any atom is -0.383 e. The first-order valence-electron chi connectivity index (χ1n) is 10.5. The van der Waals surface area contributed by atoms with Gasteiger partial charge in [-0.3, -0.25) is 4.79 Å². The number of likely N-dealkylation sites (tertiary alicyclic amines) is 1. The van der Waals surface area contributed by atoms with Gasteiger partial charge >= 0.3 is 0 Å². The van der Waals surface area contributed by atoms with Crippen molar-refractivity contribution in [3.05, 3.63) is 68.8 Å². The Morgan fingerprint density at radius 1 is 1.32 bits per heavy atom. The number of aromatic nitrogens is 2. The van der Waals surface area contributed by atoms with Gasteiger partial charge in [-0.25, -0.2) is 9.49 Å². The van der Waals surface area contributed by atoms with Crippen LogP contribution in [0.3, 0.4) is 0 Å². The number of methoxy groups -OCH3 is 1. The minimum atomic E-state index is -0.444. The molecule has 0 spiro atoms. The molecule has 31 heavy (non-hydrogen) atoms. The zero-order valence-corrected chi connectivity index (χ0v) is 18.0. The van der Waals surface area contributed by atoms with Gasteiger partial charge in [0, 0.05) is 42.3 Å². The summed E-state index contributed by atoms with van der Waals surface area (Å²) in [7, 11) is 1.71. The van der Waals surface area contributed by atoms with Crippen LogP contribution in [0.4, 0.5) is 10.1 Å². The molecule has 0 unspecified atom stereocenters. The standard InChI is InChI=1S/C23H24ClFN4O2/c1-31-9-8-29-7-6-13(12-29)21-20(15-4-2-3-5-17(15)24)22-19-16(23(30)28-27-22)10-14(25)11-18(19)26-21/h2-5,10-11,13,20-21,26H,6-9,12H2,1H3,(H,28,30)/t13-,20+,21+/m0/s1. The molecule has 3 atom stereocenters. The van der Waals surface area contributed by atoms with Gasteiger partial charge in [-0.05, 0) is 42.6 Å². The molecular formula is C23H24ClFN4O2. The Labute approximate surface area is 184 Å². The molecule has 5 rings (SSSR count). The van der Waals surface area contributed by atoms with E-state index in [1.165, 1.54) is 12.1 Å². The van der Waals surface area contributed by atoms with Gasteiger partial charge in [0.15, 0.2) is 0 Å². The van der Waals surface area contributed by atoms with Crippen LogP contribution in [-0.4, -0.2) is 54.5 Å². The minimum absolute atomic E-state index is 0.0386. The third kappa shape index (κ3) is 3.60. The number of hydrogen-bond acceptors (Lipinski definition) is 5. The van der Waals surface area contributed by atoms with Crippen LogP contribution in [0, 0.1) is 11.7 Å². The van der Waals surface area contributed by atoms with Crippen molar-refractivity contribution >= 4 is 28.1 Å². The molecule has 1 saturated heterocycles. The molecule has 1 fully saturated rings. The van der Waals surface area contributed by atoms with Crippen LogP contribution < -0.4 is 10.9 Å². The van der Waals surface area contributed by atoms with Crippen LogP contribution in [0.25, 0.3) is 10.8 Å². The summed E-state index contributed by atoms with van der Waals surface area (Å²) >= 11 is 6.63. The van der Waals surface area contributed by atoms with E-state index in [0.717, 1.165) is 37.3 Å². The average Bonchev–Trinajstić information content (AvgIpc) is 3.23. The molecule has 1 aromatic heterocycles. The maximum absolute atomic E-state index is 14.4. The van der Waals surface area contributed by atoms with E-state index in [-0.39, 0.29) is 12.0 Å². The monoisotopic (exact) mass is 442 g/mol. The number of anilines is 1. The molecule has 0 bridgehead atoms. The largest absolute Gasteiger partial charge is 0.383 e. The Balaban J connectivity index is 1.64.